The maximum Gasteiger partial charge on any atom is 0.264 e. The molecule has 0 fully saturated rings. The summed E-state index contributed by atoms with van der Waals surface area (Å²) >= 11 is 0. The van der Waals surface area contributed by atoms with E-state index in [0.29, 0.717) is 5.75 Å². The molecule has 0 aliphatic rings. The van der Waals surface area contributed by atoms with Crippen LogP contribution in [0.3, 0.4) is 0 Å². The highest BCUT2D eigenvalue weighted by atomic mass is 32.2. The highest BCUT2D eigenvalue weighted by molar-refractivity contribution is 7.92. The second kappa shape index (κ2) is 9.82. The second-order valence-electron chi connectivity index (χ2n) is 7.34. The lowest BCUT2D eigenvalue weighted by atomic mass is 10.2. The van der Waals surface area contributed by atoms with Crippen molar-refractivity contribution < 1.29 is 22.3 Å². The van der Waals surface area contributed by atoms with Gasteiger partial charge in [0.25, 0.3) is 10.0 Å². The number of hydrogen-bond acceptors (Lipinski definition) is 4. The zero-order chi connectivity index (χ0) is 23.3. The van der Waals surface area contributed by atoms with E-state index in [1.165, 1.54) is 42.3 Å². The van der Waals surface area contributed by atoms with Crippen LogP contribution in [-0.2, 0) is 21.4 Å². The van der Waals surface area contributed by atoms with Gasteiger partial charge in [0.2, 0.25) is 5.91 Å². The van der Waals surface area contributed by atoms with E-state index in [1.807, 2.05) is 25.1 Å². The number of ether oxygens (including phenoxy) is 1. The van der Waals surface area contributed by atoms with Crippen LogP contribution in [0.15, 0.2) is 77.7 Å². The molecule has 8 heteroatoms. The first-order valence-electron chi connectivity index (χ1n) is 9.94. The summed E-state index contributed by atoms with van der Waals surface area (Å²) < 4.78 is 47.5. The number of aryl methyl sites for hydroxylation is 1. The Morgan fingerprint density at radius 3 is 2.25 bits per heavy atom. The highest BCUT2D eigenvalue weighted by Gasteiger charge is 2.30. The van der Waals surface area contributed by atoms with Crippen molar-refractivity contribution in [2.24, 2.45) is 0 Å². The van der Waals surface area contributed by atoms with Crippen molar-refractivity contribution in [1.82, 2.24) is 4.90 Å². The minimum atomic E-state index is -4.19. The number of para-hydroxylation sites is 2. The molecule has 3 aromatic carbocycles. The fourth-order valence-electron chi connectivity index (χ4n) is 3.21. The molecular weight excluding hydrogens is 431 g/mol. The third kappa shape index (κ3) is 5.08. The number of rotatable bonds is 8. The number of benzene rings is 3. The zero-order valence-electron chi connectivity index (χ0n) is 18.2. The lowest BCUT2D eigenvalue weighted by Gasteiger charge is -2.27. The van der Waals surface area contributed by atoms with Crippen molar-refractivity contribution in [2.45, 2.75) is 18.4 Å². The van der Waals surface area contributed by atoms with E-state index >= 15 is 0 Å². The summed E-state index contributed by atoms with van der Waals surface area (Å²) in [6, 6.07) is 18.9. The Kier molecular flexibility index (Phi) is 7.15. The van der Waals surface area contributed by atoms with Crippen molar-refractivity contribution in [2.75, 3.05) is 25.0 Å². The average Bonchev–Trinajstić information content (AvgIpc) is 2.78. The Labute approximate surface area is 187 Å². The van der Waals surface area contributed by atoms with Gasteiger partial charge in [-0.3, -0.25) is 9.10 Å². The maximum atomic E-state index is 14.6. The number of nitrogens with zero attached hydrogens (tertiary/aromatic N) is 2. The fourth-order valence-corrected chi connectivity index (χ4v) is 4.63. The third-order valence-corrected chi connectivity index (χ3v) is 6.81. The Bertz CT molecular complexity index is 1200. The van der Waals surface area contributed by atoms with Gasteiger partial charge in [0.1, 0.15) is 18.1 Å². The number of anilines is 1. The molecule has 1 amide bonds. The van der Waals surface area contributed by atoms with Crippen molar-refractivity contribution in [3.8, 4) is 5.75 Å². The van der Waals surface area contributed by atoms with E-state index in [1.54, 1.807) is 25.2 Å². The second-order valence-corrected chi connectivity index (χ2v) is 9.20. The maximum absolute atomic E-state index is 14.6. The van der Waals surface area contributed by atoms with E-state index in [2.05, 4.69) is 0 Å². The number of likely N-dealkylation sites (N-methyl/N-ethyl adjacent to an activating group) is 1. The van der Waals surface area contributed by atoms with E-state index in [0.717, 1.165) is 21.5 Å². The summed E-state index contributed by atoms with van der Waals surface area (Å²) in [5.74, 6) is -0.608. The van der Waals surface area contributed by atoms with Gasteiger partial charge in [0.15, 0.2) is 0 Å². The Balaban J connectivity index is 1.93. The number of carbonyl (C=O) groups excluding carboxylic acids is 1. The van der Waals surface area contributed by atoms with Crippen LogP contribution in [0.2, 0.25) is 0 Å². The predicted molar refractivity (Wildman–Crippen MR) is 122 cm³/mol. The largest absolute Gasteiger partial charge is 0.496 e. The van der Waals surface area contributed by atoms with Crippen molar-refractivity contribution in [3.05, 3.63) is 89.7 Å². The van der Waals surface area contributed by atoms with Gasteiger partial charge in [-0.25, -0.2) is 12.8 Å². The number of hydrogen-bond donors (Lipinski definition) is 0. The molecule has 0 aliphatic heterocycles. The van der Waals surface area contributed by atoms with Crippen LogP contribution in [0.4, 0.5) is 10.1 Å². The van der Waals surface area contributed by atoms with Gasteiger partial charge >= 0.3 is 0 Å². The van der Waals surface area contributed by atoms with Crippen LogP contribution >= 0.6 is 0 Å². The van der Waals surface area contributed by atoms with Crippen LogP contribution in [0.1, 0.15) is 11.1 Å². The molecule has 32 heavy (non-hydrogen) atoms. The van der Waals surface area contributed by atoms with Gasteiger partial charge in [-0.2, -0.15) is 0 Å². The first kappa shape index (κ1) is 23.3. The first-order valence-corrected chi connectivity index (χ1v) is 11.4. The number of carbonyl (C=O) groups is 1. The molecule has 3 aromatic rings. The summed E-state index contributed by atoms with van der Waals surface area (Å²) in [5.41, 5.74) is 1.46. The van der Waals surface area contributed by atoms with Gasteiger partial charge in [0.05, 0.1) is 17.7 Å². The third-order valence-electron chi connectivity index (χ3n) is 5.03. The SMILES string of the molecule is COc1ccccc1CN(C)C(=O)CN(c1ccccc1F)S(=O)(=O)c1ccc(C)cc1. The summed E-state index contributed by atoms with van der Waals surface area (Å²) in [5, 5.41) is 0. The lowest BCUT2D eigenvalue weighted by Crippen LogP contribution is -2.41. The summed E-state index contributed by atoms with van der Waals surface area (Å²) in [4.78, 5) is 14.4. The zero-order valence-corrected chi connectivity index (χ0v) is 19.0. The van der Waals surface area contributed by atoms with Gasteiger partial charge in [0, 0.05) is 19.2 Å². The molecule has 0 saturated carbocycles. The molecule has 0 bridgehead atoms. The van der Waals surface area contributed by atoms with Gasteiger partial charge in [-0.05, 0) is 37.3 Å². The van der Waals surface area contributed by atoms with Gasteiger partial charge in [-0.1, -0.05) is 48.0 Å². The molecule has 6 nitrogen and oxygen atoms in total. The quantitative estimate of drug-likeness (QED) is 0.514. The topological polar surface area (TPSA) is 66.9 Å². The number of halogens is 1. The van der Waals surface area contributed by atoms with E-state index < -0.39 is 28.3 Å². The molecule has 0 unspecified atom stereocenters. The smallest absolute Gasteiger partial charge is 0.264 e. The molecule has 3 rings (SSSR count). The predicted octanol–water partition coefficient (Wildman–Crippen LogP) is 4.00. The number of methoxy groups -OCH3 is 1. The van der Waals surface area contributed by atoms with E-state index in [9.17, 15) is 17.6 Å². The molecule has 0 radical (unpaired) electrons. The molecule has 0 atom stereocenters. The molecule has 0 aromatic heterocycles. The Morgan fingerprint density at radius 2 is 1.59 bits per heavy atom. The normalized spacial score (nSPS) is 11.1. The van der Waals surface area contributed by atoms with Crippen molar-refractivity contribution >= 4 is 21.6 Å². The Hall–Kier alpha value is -3.39. The minimum Gasteiger partial charge on any atom is -0.496 e. The lowest BCUT2D eigenvalue weighted by molar-refractivity contribution is -0.128. The number of amides is 1. The standard InChI is InChI=1S/C24H25FN2O4S/c1-18-12-14-20(15-13-18)32(29,30)27(22-10-6-5-9-21(22)25)17-24(28)26(2)16-19-8-4-7-11-23(19)31-3/h4-15H,16-17H2,1-3H3. The molecule has 0 heterocycles. The monoisotopic (exact) mass is 456 g/mol. The molecule has 168 valence electrons. The van der Waals surface area contributed by atoms with Crippen molar-refractivity contribution in [1.29, 1.82) is 0 Å². The highest BCUT2D eigenvalue weighted by Crippen LogP contribution is 2.27. The van der Waals surface area contributed by atoms with Gasteiger partial charge < -0.3 is 9.64 Å². The van der Waals surface area contributed by atoms with E-state index in [-0.39, 0.29) is 17.1 Å². The molecule has 0 saturated heterocycles. The Morgan fingerprint density at radius 1 is 0.969 bits per heavy atom. The van der Waals surface area contributed by atoms with Crippen LogP contribution in [-0.4, -0.2) is 39.9 Å². The minimum absolute atomic E-state index is 0.0217. The van der Waals surface area contributed by atoms with Crippen LogP contribution < -0.4 is 9.04 Å². The van der Waals surface area contributed by atoms with Crippen LogP contribution in [0.25, 0.3) is 0 Å². The fraction of sp³-hybridized carbons (Fsp3) is 0.208. The molecular formula is C24H25FN2O4S. The molecule has 0 aliphatic carbocycles. The summed E-state index contributed by atoms with van der Waals surface area (Å²) in [7, 11) is -1.09. The average molecular weight is 457 g/mol. The van der Waals surface area contributed by atoms with Crippen LogP contribution in [0, 0.1) is 12.7 Å². The number of sulfonamides is 1. The summed E-state index contributed by atoms with van der Waals surface area (Å²) in [6.07, 6.45) is 0. The van der Waals surface area contributed by atoms with Crippen molar-refractivity contribution in [3.63, 3.8) is 0 Å². The first-order chi connectivity index (χ1) is 15.2. The van der Waals surface area contributed by atoms with Gasteiger partial charge in [-0.15, -0.1) is 0 Å². The van der Waals surface area contributed by atoms with Crippen LogP contribution in [0.5, 0.6) is 5.75 Å². The molecule has 0 N–H and O–H groups in total. The molecule has 0 spiro atoms. The summed E-state index contributed by atoms with van der Waals surface area (Å²) in [6.45, 7) is 1.49. The van der Waals surface area contributed by atoms with E-state index in [4.69, 9.17) is 4.74 Å².